The average Bonchev–Trinajstić information content (AvgIpc) is 3.81. The maximum absolute atomic E-state index is 2.45. The fourth-order valence-electron chi connectivity index (χ4n) is 8.98. The van der Waals surface area contributed by atoms with Crippen LogP contribution in [0.1, 0.15) is 0 Å². The van der Waals surface area contributed by atoms with Gasteiger partial charge < -0.3 is 9.13 Å². The van der Waals surface area contributed by atoms with E-state index in [1.807, 2.05) is 23.5 Å². The molecule has 272 valence electrons. The lowest BCUT2D eigenvalue weighted by atomic mass is 9.95. The first-order chi connectivity index (χ1) is 28.8. The van der Waals surface area contributed by atoms with Crippen molar-refractivity contribution >= 4 is 67.1 Å². The van der Waals surface area contributed by atoms with Gasteiger partial charge in [-0.15, -0.1) is 0 Å². The zero-order chi connectivity index (χ0) is 38.2. The molecule has 4 heteroatoms. The summed E-state index contributed by atoms with van der Waals surface area (Å²) < 4.78 is 4.88. The summed E-state index contributed by atoms with van der Waals surface area (Å²) in [6.07, 6.45) is 0. The number of hydrogen-bond donors (Lipinski definition) is 0. The number of aromatic nitrogens is 2. The lowest BCUT2D eigenvalue weighted by molar-refractivity contribution is 1.15. The third kappa shape index (κ3) is 5.30. The van der Waals surface area contributed by atoms with Gasteiger partial charge in [0.2, 0.25) is 0 Å². The topological polar surface area (TPSA) is 9.86 Å². The second-order valence-corrected chi connectivity index (χ2v) is 17.0. The van der Waals surface area contributed by atoms with Crippen molar-refractivity contribution in [3.8, 4) is 44.8 Å². The van der Waals surface area contributed by atoms with Gasteiger partial charge in [0.05, 0.1) is 27.8 Å². The van der Waals surface area contributed by atoms with E-state index >= 15 is 0 Å². The van der Waals surface area contributed by atoms with Crippen LogP contribution in [0.15, 0.2) is 226 Å². The Hall–Kier alpha value is -6.72. The minimum absolute atomic E-state index is 1.13. The molecule has 0 amide bonds. The fourth-order valence-corrected chi connectivity index (χ4v) is 11.4. The summed E-state index contributed by atoms with van der Waals surface area (Å²) in [7, 11) is 0. The minimum atomic E-state index is 1.13. The molecule has 0 N–H and O–H groups in total. The van der Waals surface area contributed by atoms with Gasteiger partial charge in [-0.2, -0.15) is 0 Å². The maximum Gasteiger partial charge on any atom is 0.0542 e. The van der Waals surface area contributed by atoms with E-state index in [1.165, 1.54) is 96.6 Å². The van der Waals surface area contributed by atoms with E-state index in [1.54, 1.807) is 0 Å². The zero-order valence-electron chi connectivity index (χ0n) is 31.3. The number of benzene rings is 9. The average molecular weight is 775 g/mol. The van der Waals surface area contributed by atoms with Gasteiger partial charge in [0, 0.05) is 52.4 Å². The lowest BCUT2D eigenvalue weighted by Crippen LogP contribution is -2.01. The van der Waals surface area contributed by atoms with E-state index in [0.29, 0.717) is 0 Å². The predicted molar refractivity (Wildman–Crippen MR) is 246 cm³/mol. The van der Waals surface area contributed by atoms with Gasteiger partial charge in [0.15, 0.2) is 0 Å². The molecule has 3 heterocycles. The molecule has 11 aromatic rings. The van der Waals surface area contributed by atoms with Gasteiger partial charge in [0.1, 0.15) is 0 Å². The Balaban J connectivity index is 1.05. The molecular weight excluding hydrogens is 741 g/mol. The van der Waals surface area contributed by atoms with Crippen molar-refractivity contribution in [1.29, 1.82) is 0 Å². The zero-order valence-corrected chi connectivity index (χ0v) is 33.0. The van der Waals surface area contributed by atoms with Gasteiger partial charge in [-0.25, -0.2) is 0 Å². The summed E-state index contributed by atoms with van der Waals surface area (Å²) >= 11 is 3.75. The second-order valence-electron chi connectivity index (χ2n) is 14.9. The van der Waals surface area contributed by atoms with Gasteiger partial charge in [-0.1, -0.05) is 157 Å². The summed E-state index contributed by atoms with van der Waals surface area (Å²) in [5, 5.41) is 5.02. The van der Waals surface area contributed by atoms with E-state index in [4.69, 9.17) is 0 Å². The number of rotatable bonds is 5. The summed E-state index contributed by atoms with van der Waals surface area (Å²) in [5.74, 6) is 0. The van der Waals surface area contributed by atoms with Crippen molar-refractivity contribution in [2.24, 2.45) is 0 Å². The Morgan fingerprint density at radius 2 is 0.741 bits per heavy atom. The molecule has 0 radical (unpaired) electrons. The first-order valence-corrected chi connectivity index (χ1v) is 21.3. The molecule has 1 aliphatic rings. The van der Waals surface area contributed by atoms with E-state index in [0.717, 1.165) is 11.4 Å². The highest BCUT2D eigenvalue weighted by molar-refractivity contribution is 8.05. The van der Waals surface area contributed by atoms with Crippen molar-refractivity contribution in [2.75, 3.05) is 0 Å². The van der Waals surface area contributed by atoms with E-state index < -0.39 is 0 Å². The number of para-hydroxylation sites is 4. The molecule has 0 spiro atoms. The third-order valence-corrected chi connectivity index (χ3v) is 14.2. The van der Waals surface area contributed by atoms with Crippen molar-refractivity contribution in [3.05, 3.63) is 206 Å². The summed E-state index contributed by atoms with van der Waals surface area (Å²) in [6.45, 7) is 0. The van der Waals surface area contributed by atoms with Crippen molar-refractivity contribution in [1.82, 2.24) is 9.13 Å². The van der Waals surface area contributed by atoms with Crippen molar-refractivity contribution < 1.29 is 0 Å². The Morgan fingerprint density at radius 3 is 1.33 bits per heavy atom. The molecule has 2 aromatic heterocycles. The van der Waals surface area contributed by atoms with Gasteiger partial charge in [-0.05, 0) is 101 Å². The van der Waals surface area contributed by atoms with Crippen LogP contribution in [0.4, 0.5) is 0 Å². The molecule has 0 saturated heterocycles. The fraction of sp³-hybridized carbons (Fsp3) is 0. The molecule has 0 aliphatic carbocycles. The monoisotopic (exact) mass is 774 g/mol. The molecule has 58 heavy (non-hydrogen) atoms. The molecule has 9 aromatic carbocycles. The Kier molecular flexibility index (Phi) is 7.75. The van der Waals surface area contributed by atoms with Crippen LogP contribution in [0.5, 0.6) is 0 Å². The molecule has 0 fully saturated rings. The first-order valence-electron chi connectivity index (χ1n) is 19.7. The van der Waals surface area contributed by atoms with Crippen LogP contribution < -0.4 is 0 Å². The normalized spacial score (nSPS) is 12.3. The first kappa shape index (κ1) is 33.4. The van der Waals surface area contributed by atoms with Crippen LogP contribution in [-0.2, 0) is 0 Å². The van der Waals surface area contributed by atoms with Crippen molar-refractivity contribution in [2.45, 2.75) is 19.6 Å². The number of hydrogen-bond acceptors (Lipinski definition) is 2. The smallest absolute Gasteiger partial charge is 0.0542 e. The van der Waals surface area contributed by atoms with Crippen LogP contribution in [0, 0.1) is 0 Å². The lowest BCUT2D eigenvalue weighted by Gasteiger charge is -2.21. The molecule has 0 bridgehead atoms. The van der Waals surface area contributed by atoms with Crippen LogP contribution in [0.2, 0.25) is 0 Å². The predicted octanol–water partition coefficient (Wildman–Crippen LogP) is 15.5. The summed E-state index contributed by atoms with van der Waals surface area (Å²) in [4.78, 5) is 5.29. The highest BCUT2D eigenvalue weighted by Crippen LogP contribution is 2.52. The molecule has 0 atom stereocenters. The molecule has 0 unspecified atom stereocenters. The molecule has 0 saturated carbocycles. The largest absolute Gasteiger partial charge is 0.309 e. The molecule has 12 rings (SSSR count). The summed E-state index contributed by atoms with van der Waals surface area (Å²) in [6, 6.07) is 75.7. The molecule has 1 aliphatic heterocycles. The number of nitrogens with zero attached hydrogens (tertiary/aromatic N) is 2. The molecular formula is C54H34N2S2. The van der Waals surface area contributed by atoms with Crippen LogP contribution in [-0.4, -0.2) is 9.13 Å². The van der Waals surface area contributed by atoms with Crippen LogP contribution in [0.25, 0.3) is 88.4 Å². The number of fused-ring (bicyclic) bond motifs is 8. The van der Waals surface area contributed by atoms with Crippen molar-refractivity contribution in [3.63, 3.8) is 0 Å². The van der Waals surface area contributed by atoms with E-state index in [9.17, 15) is 0 Å². The highest BCUT2D eigenvalue weighted by Gasteiger charge is 2.22. The Morgan fingerprint density at radius 1 is 0.293 bits per heavy atom. The maximum atomic E-state index is 2.45. The van der Waals surface area contributed by atoms with Gasteiger partial charge in [0.25, 0.3) is 0 Å². The van der Waals surface area contributed by atoms with Crippen LogP contribution >= 0.6 is 23.5 Å². The Labute approximate surface area is 345 Å². The van der Waals surface area contributed by atoms with Gasteiger partial charge in [-0.3, -0.25) is 0 Å². The van der Waals surface area contributed by atoms with E-state index in [2.05, 4.69) is 215 Å². The Bertz CT molecular complexity index is 3320. The highest BCUT2D eigenvalue weighted by atomic mass is 32.2. The van der Waals surface area contributed by atoms with E-state index in [-0.39, 0.29) is 0 Å². The minimum Gasteiger partial charge on any atom is -0.309 e. The summed E-state index contributed by atoms with van der Waals surface area (Å²) in [5.41, 5.74) is 14.3. The quantitative estimate of drug-likeness (QED) is 0.172. The van der Waals surface area contributed by atoms with Gasteiger partial charge >= 0.3 is 0 Å². The van der Waals surface area contributed by atoms with Crippen LogP contribution in [0.3, 0.4) is 0 Å². The standard InChI is InChI=1S/C54H34N2S2/c1-5-23-46-41(18-1)42-19-2-6-24-47(42)55(46)39-30-31-50(56-48-25-7-3-20-43(48)44-21-4-8-26-49(44)56)45(34-39)38-17-12-15-36(33-38)35-14-11-16-37(32-35)40-22-13-29-53-54(40)58-52-28-10-9-27-51(52)57-53/h1-34H. The second kappa shape index (κ2) is 13.5. The third-order valence-electron chi connectivity index (χ3n) is 11.6. The molecule has 2 nitrogen and oxygen atoms in total. The SMILES string of the molecule is c1cc(-c2cccc(-c3cccc4c3Sc3ccccc3S4)c2)cc(-c2cc(-n3c4ccccc4c4ccccc43)ccc2-n2c3ccccc3c3ccccc32)c1.